The number of ketones is 3. The van der Waals surface area contributed by atoms with Gasteiger partial charge in [-0.2, -0.15) is 0 Å². The lowest BCUT2D eigenvalue weighted by Crippen LogP contribution is -2.00. The minimum atomic E-state index is -1.06. The quantitative estimate of drug-likeness (QED) is 0.714. The molecule has 0 unspecified atom stereocenters. The molecule has 7 heteroatoms. The molecule has 0 aliphatic heterocycles. The van der Waals surface area contributed by atoms with Crippen LogP contribution in [0.4, 0.5) is 0 Å². The van der Waals surface area contributed by atoms with Crippen molar-refractivity contribution in [2.45, 2.75) is 40.5 Å². The number of hydrogen-bond acceptors (Lipinski definition) is 5. The van der Waals surface area contributed by atoms with Gasteiger partial charge < -0.3 is 15.0 Å². The standard InChI is InChI=1S/2C4H6O3.C3H6O/c2*1-3(5)2-4(6)7;1-3(2)4/h2*2H2,1H3,(H,6,7);1-2H3. The van der Waals surface area contributed by atoms with Crippen molar-refractivity contribution in [3.05, 3.63) is 0 Å². The highest BCUT2D eigenvalue weighted by Crippen LogP contribution is 1.78. The van der Waals surface area contributed by atoms with E-state index in [-0.39, 0.29) is 30.2 Å². The lowest BCUT2D eigenvalue weighted by Gasteiger charge is -1.80. The maximum Gasteiger partial charge on any atom is 0.310 e. The summed E-state index contributed by atoms with van der Waals surface area (Å²) in [6.45, 7) is 5.54. The normalized spacial score (nSPS) is 7.78. The lowest BCUT2D eigenvalue weighted by atomic mass is 10.3. The lowest BCUT2D eigenvalue weighted by molar-refractivity contribution is -0.141. The van der Waals surface area contributed by atoms with E-state index < -0.39 is 11.9 Å². The van der Waals surface area contributed by atoms with Gasteiger partial charge in [-0.05, 0) is 27.7 Å². The number of carbonyl (C=O) groups excluding carboxylic acids is 3. The molecule has 0 bridgehead atoms. The minimum Gasteiger partial charge on any atom is -0.481 e. The Morgan fingerprint density at radius 2 is 0.833 bits per heavy atom. The van der Waals surface area contributed by atoms with Crippen LogP contribution in [0.2, 0.25) is 0 Å². The van der Waals surface area contributed by atoms with Crippen molar-refractivity contribution < 1.29 is 34.2 Å². The van der Waals surface area contributed by atoms with Gasteiger partial charge in [0.25, 0.3) is 0 Å². The highest BCUT2D eigenvalue weighted by Gasteiger charge is 1.98. The zero-order valence-corrected chi connectivity index (χ0v) is 10.8. The number of Topliss-reactive ketones (excluding diaryl/α,β-unsaturated/α-hetero) is 3. The first-order chi connectivity index (χ1) is 7.98. The van der Waals surface area contributed by atoms with Crippen molar-refractivity contribution in [3.63, 3.8) is 0 Å². The molecule has 0 fully saturated rings. The second kappa shape index (κ2) is 13.0. The maximum absolute atomic E-state index is 9.87. The van der Waals surface area contributed by atoms with Gasteiger partial charge in [-0.15, -0.1) is 0 Å². The van der Waals surface area contributed by atoms with E-state index in [2.05, 4.69) is 0 Å². The van der Waals surface area contributed by atoms with Crippen LogP contribution in [0.25, 0.3) is 0 Å². The predicted octanol–water partition coefficient (Wildman–Crippen LogP) is 0.696. The molecule has 0 atom stereocenters. The molecular weight excluding hydrogens is 244 g/mol. The van der Waals surface area contributed by atoms with Crippen LogP contribution >= 0.6 is 0 Å². The highest BCUT2D eigenvalue weighted by atomic mass is 16.4. The third-order valence-electron chi connectivity index (χ3n) is 0.800. The number of carboxylic acids is 2. The van der Waals surface area contributed by atoms with Gasteiger partial charge in [0.1, 0.15) is 30.2 Å². The highest BCUT2D eigenvalue weighted by molar-refractivity contribution is 5.93. The second-order valence-corrected chi connectivity index (χ2v) is 3.45. The van der Waals surface area contributed by atoms with Crippen LogP contribution in [0.15, 0.2) is 0 Å². The smallest absolute Gasteiger partial charge is 0.310 e. The molecular formula is C11H18O7. The Kier molecular flexibility index (Phi) is 15.4. The van der Waals surface area contributed by atoms with Gasteiger partial charge in [-0.25, -0.2) is 0 Å². The van der Waals surface area contributed by atoms with Crippen LogP contribution in [-0.2, 0) is 24.0 Å². The first kappa shape index (κ1) is 21.3. The van der Waals surface area contributed by atoms with Crippen molar-refractivity contribution in [2.24, 2.45) is 0 Å². The van der Waals surface area contributed by atoms with E-state index in [1.54, 1.807) is 0 Å². The second-order valence-electron chi connectivity index (χ2n) is 3.45. The number of carboxylic acid groups (broad SMARTS) is 2. The van der Waals surface area contributed by atoms with Crippen molar-refractivity contribution in [3.8, 4) is 0 Å². The SMILES string of the molecule is CC(=O)CC(=O)O.CC(=O)CC(=O)O.CC(C)=O. The number of aliphatic carboxylic acids is 2. The Bertz CT molecular complexity index is 263. The van der Waals surface area contributed by atoms with Gasteiger partial charge in [0.05, 0.1) is 0 Å². The molecule has 0 aliphatic carbocycles. The Hall–Kier alpha value is -2.05. The molecule has 0 saturated heterocycles. The van der Waals surface area contributed by atoms with Gasteiger partial charge in [-0.3, -0.25) is 19.2 Å². The molecule has 0 aromatic heterocycles. The van der Waals surface area contributed by atoms with E-state index in [9.17, 15) is 24.0 Å². The fraction of sp³-hybridized carbons (Fsp3) is 0.545. The van der Waals surface area contributed by atoms with Crippen LogP contribution in [0.5, 0.6) is 0 Å². The minimum absolute atomic E-state index is 0.167. The first-order valence-corrected chi connectivity index (χ1v) is 4.88. The molecule has 0 aromatic rings. The van der Waals surface area contributed by atoms with E-state index >= 15 is 0 Å². The molecule has 0 aromatic carbocycles. The summed E-state index contributed by atoms with van der Waals surface area (Å²) in [5.41, 5.74) is 0. The third kappa shape index (κ3) is 66.1. The van der Waals surface area contributed by atoms with Gasteiger partial charge in [-0.1, -0.05) is 0 Å². The summed E-state index contributed by atoms with van der Waals surface area (Å²) in [6, 6.07) is 0. The van der Waals surface area contributed by atoms with E-state index in [1.165, 1.54) is 27.7 Å². The van der Waals surface area contributed by atoms with Crippen LogP contribution in [0.3, 0.4) is 0 Å². The fourth-order valence-electron chi connectivity index (χ4n) is 0.426. The summed E-state index contributed by atoms with van der Waals surface area (Å²) < 4.78 is 0. The van der Waals surface area contributed by atoms with Crippen LogP contribution in [0, 0.1) is 0 Å². The number of carbonyl (C=O) groups is 5. The van der Waals surface area contributed by atoms with Crippen LogP contribution < -0.4 is 0 Å². The molecule has 0 radical (unpaired) electrons. The largest absolute Gasteiger partial charge is 0.481 e. The Balaban J connectivity index is -0.000000196. The number of rotatable bonds is 4. The van der Waals surface area contributed by atoms with Gasteiger partial charge >= 0.3 is 11.9 Å². The van der Waals surface area contributed by atoms with E-state index in [0.717, 1.165) is 0 Å². The molecule has 0 amide bonds. The first-order valence-electron chi connectivity index (χ1n) is 4.88. The Morgan fingerprint density at radius 1 is 0.667 bits per heavy atom. The monoisotopic (exact) mass is 262 g/mol. The van der Waals surface area contributed by atoms with Crippen LogP contribution in [0.1, 0.15) is 40.5 Å². The molecule has 2 N–H and O–H groups in total. The van der Waals surface area contributed by atoms with Crippen LogP contribution in [-0.4, -0.2) is 39.5 Å². The fourth-order valence-corrected chi connectivity index (χ4v) is 0.426. The van der Waals surface area contributed by atoms with Gasteiger partial charge in [0.2, 0.25) is 0 Å². The van der Waals surface area contributed by atoms with Gasteiger partial charge in [0, 0.05) is 0 Å². The molecule has 0 saturated carbocycles. The van der Waals surface area contributed by atoms with Gasteiger partial charge in [0.15, 0.2) is 0 Å². The van der Waals surface area contributed by atoms with E-state index in [4.69, 9.17) is 10.2 Å². The maximum atomic E-state index is 9.87. The molecule has 0 heterocycles. The average Bonchev–Trinajstić information content (AvgIpc) is 1.96. The Labute approximate surface area is 105 Å². The summed E-state index contributed by atoms with van der Waals surface area (Å²) >= 11 is 0. The summed E-state index contributed by atoms with van der Waals surface area (Å²) in [5, 5.41) is 15.7. The summed E-state index contributed by atoms with van der Waals surface area (Å²) in [4.78, 5) is 48.4. The molecule has 0 spiro atoms. The zero-order valence-electron chi connectivity index (χ0n) is 10.8. The molecule has 0 rings (SSSR count). The van der Waals surface area contributed by atoms with Crippen molar-refractivity contribution in [2.75, 3.05) is 0 Å². The van der Waals surface area contributed by atoms with E-state index in [0.29, 0.717) is 0 Å². The van der Waals surface area contributed by atoms with Crippen molar-refractivity contribution >= 4 is 29.3 Å². The summed E-state index contributed by atoms with van der Waals surface area (Å²) in [6.07, 6.45) is -0.722. The average molecular weight is 262 g/mol. The zero-order chi connectivity index (χ0) is 15.3. The predicted molar refractivity (Wildman–Crippen MR) is 62.2 cm³/mol. The molecule has 7 nitrogen and oxygen atoms in total. The Morgan fingerprint density at radius 3 is 0.833 bits per heavy atom. The summed E-state index contributed by atoms with van der Waals surface area (Å²) in [7, 11) is 0. The number of hydrogen-bond donors (Lipinski definition) is 2. The topological polar surface area (TPSA) is 126 Å². The molecule has 0 aliphatic rings. The van der Waals surface area contributed by atoms with Crippen molar-refractivity contribution in [1.29, 1.82) is 0 Å². The molecule has 104 valence electrons. The van der Waals surface area contributed by atoms with Crippen molar-refractivity contribution in [1.82, 2.24) is 0 Å². The molecule has 18 heavy (non-hydrogen) atoms. The summed E-state index contributed by atoms with van der Waals surface area (Å²) in [5.74, 6) is -2.58. The van der Waals surface area contributed by atoms with E-state index in [1.807, 2.05) is 0 Å². The third-order valence-corrected chi connectivity index (χ3v) is 0.800.